The number of aliphatic hydroxyl groups is 6. The second-order valence-electron chi connectivity index (χ2n) is 30.8. The van der Waals surface area contributed by atoms with Gasteiger partial charge in [0, 0.05) is 45.6 Å². The molecule has 38 nitrogen and oxygen atoms in total. The number of rotatable bonds is 38. The first-order chi connectivity index (χ1) is 63.3. The van der Waals surface area contributed by atoms with Crippen molar-refractivity contribution in [1.29, 1.82) is 0 Å². The number of unbranched alkanes of at least 4 members (excludes halogenated alkanes) is 4. The molecule has 6 N–H and O–H groups in total. The number of aldehydes is 6. The number of cyclic esters (lactones) is 6. The molecule has 6 atom stereocenters. The normalized spacial score (nSPS) is 16.7. The van der Waals surface area contributed by atoms with Gasteiger partial charge in [0.1, 0.15) is 13.2 Å². The lowest BCUT2D eigenvalue weighted by Crippen LogP contribution is -2.28. The van der Waals surface area contributed by atoms with Crippen molar-refractivity contribution in [3.63, 3.8) is 0 Å². The molecule has 0 amide bonds. The van der Waals surface area contributed by atoms with E-state index < -0.39 is 73.6 Å². The van der Waals surface area contributed by atoms with E-state index in [0.29, 0.717) is 133 Å². The third kappa shape index (κ3) is 27.6. The smallest absolute Gasteiger partial charge is 0.340 e. The van der Waals surface area contributed by atoms with Gasteiger partial charge in [-0.15, -0.1) is 0 Å². The van der Waals surface area contributed by atoms with E-state index in [1.807, 2.05) is 40.9 Å². The Morgan fingerprint density at radius 1 is 0.348 bits per heavy atom. The number of aliphatic hydroxyl groups excluding tert-OH is 6. The first kappa shape index (κ1) is 106. The fourth-order valence-corrected chi connectivity index (χ4v) is 14.2. The maximum Gasteiger partial charge on any atom is 0.340 e. The average molecular weight is 1850 g/mol. The van der Waals surface area contributed by atoms with Crippen molar-refractivity contribution in [3.8, 4) is 69.0 Å². The molecule has 6 aliphatic rings. The van der Waals surface area contributed by atoms with E-state index >= 15 is 0 Å². The Labute approximate surface area is 762 Å². The number of benzene rings is 6. The molecule has 0 spiro atoms. The standard InChI is InChI=1S/C17H23NO6.C16H20O6.C16H18O6.C16H20O6.C15H18O6.C14H16O7/c1-18(2)6-4-5-7-23-14-8-12-11(9-15(20)24-17(12)21)13(10-19)16(14)22-3;2*1-9(2)4-5-21-13-6-11-10(7-14(18)22-16(11)19)12(8-17)15(13)20-3;1-3-4-5-6-21-13-7-11-10(8-14(18)22-16(11)19)12(9-17)15(13)20-2;1-3-4-5-20-12-6-10-9(7-13(17)21-15(10)18)11(8-16)14(12)19-2;1-18-3-4-20-11-5-9-8(6-12(16)21-14(9)17)10(7-15)13(11)19-2/h8,10,15,20H,4-7,9H2,1-3H3;6,8-9,14,18H,4-5,7H2,1-3H3;4,6,8,14,18H,5,7H2,1-3H3;7,9,14,18H,3-6,8H2,1-2H3;6,8,13,17H,3-5,7H2,1-2H3;5,7,12,16H,3-4,6H2,1-2H3. The molecule has 132 heavy (non-hydrogen) atoms. The lowest BCUT2D eigenvalue weighted by molar-refractivity contribution is -0.0699. The zero-order valence-corrected chi connectivity index (χ0v) is 76.4. The molecule has 6 aromatic rings. The maximum atomic E-state index is 12.0. The van der Waals surface area contributed by atoms with Gasteiger partial charge in [0.05, 0.1) is 142 Å². The Morgan fingerprint density at radius 3 is 0.803 bits per heavy atom. The van der Waals surface area contributed by atoms with E-state index in [1.165, 1.54) is 86.2 Å². The van der Waals surface area contributed by atoms with Crippen molar-refractivity contribution in [2.45, 2.75) is 169 Å². The largest absolute Gasteiger partial charge is 0.492 e. The van der Waals surface area contributed by atoms with Crippen LogP contribution in [0.3, 0.4) is 0 Å². The Morgan fingerprint density at radius 2 is 0.583 bits per heavy atom. The highest BCUT2D eigenvalue weighted by molar-refractivity contribution is 6.02. The van der Waals surface area contributed by atoms with Gasteiger partial charge < -0.3 is 126 Å². The number of ether oxygens (including phenoxy) is 19. The Balaban J connectivity index is 0.000000217. The van der Waals surface area contributed by atoms with Crippen LogP contribution in [0.4, 0.5) is 0 Å². The van der Waals surface area contributed by atoms with Crippen LogP contribution in [0.15, 0.2) is 48.0 Å². The molecule has 0 radical (unpaired) electrons. The molecule has 6 aliphatic heterocycles. The van der Waals surface area contributed by atoms with Gasteiger partial charge in [-0.3, -0.25) is 28.8 Å². The van der Waals surface area contributed by atoms with Crippen molar-refractivity contribution >= 4 is 73.5 Å². The van der Waals surface area contributed by atoms with Crippen LogP contribution in [-0.4, -0.2) is 263 Å². The van der Waals surface area contributed by atoms with E-state index in [1.54, 1.807) is 0 Å². The van der Waals surface area contributed by atoms with Gasteiger partial charge in [0.2, 0.25) is 37.7 Å². The summed E-state index contributed by atoms with van der Waals surface area (Å²) in [5.41, 5.74) is 6.15. The summed E-state index contributed by atoms with van der Waals surface area (Å²) in [5, 5.41) is 57.3. The number of esters is 6. The summed E-state index contributed by atoms with van der Waals surface area (Å²) >= 11 is 0. The van der Waals surface area contributed by atoms with Crippen LogP contribution in [0.25, 0.3) is 0 Å². The molecule has 0 saturated carbocycles. The molecule has 718 valence electrons. The first-order valence-corrected chi connectivity index (χ1v) is 42.3. The van der Waals surface area contributed by atoms with Crippen LogP contribution < -0.4 is 56.8 Å². The zero-order valence-electron chi connectivity index (χ0n) is 76.4. The summed E-state index contributed by atoms with van der Waals surface area (Å²) < 4.78 is 98.8. The number of hydrogen-bond acceptors (Lipinski definition) is 38. The van der Waals surface area contributed by atoms with Crippen molar-refractivity contribution in [3.05, 3.63) is 148 Å². The summed E-state index contributed by atoms with van der Waals surface area (Å²) in [6, 6.07) is 8.97. The Hall–Kier alpha value is -12.8. The fourth-order valence-electron chi connectivity index (χ4n) is 14.2. The number of hydrogen-bond donors (Lipinski definition) is 6. The Bertz CT molecular complexity index is 5000. The zero-order chi connectivity index (χ0) is 97.2. The summed E-state index contributed by atoms with van der Waals surface area (Å²) in [5.74, 6) is -0.147. The third-order valence-corrected chi connectivity index (χ3v) is 20.6. The van der Waals surface area contributed by atoms with E-state index in [9.17, 15) is 88.2 Å². The number of nitrogens with zero attached hydrogens (tertiary/aromatic N) is 1. The van der Waals surface area contributed by atoms with Crippen LogP contribution in [0.5, 0.6) is 69.0 Å². The molecule has 0 aliphatic carbocycles. The number of allylic oxidation sites excluding steroid dienone is 1. The molecular formula is C94H115NO37. The Kier molecular flexibility index (Phi) is 42.1. The topological polar surface area (TPSA) is 505 Å². The van der Waals surface area contributed by atoms with Gasteiger partial charge in [0.15, 0.2) is 107 Å². The molecule has 0 bridgehead atoms. The highest BCUT2D eigenvalue weighted by Gasteiger charge is 2.38. The third-order valence-electron chi connectivity index (χ3n) is 20.6. The lowest BCUT2D eigenvalue weighted by Gasteiger charge is -2.24. The van der Waals surface area contributed by atoms with Crippen molar-refractivity contribution in [1.82, 2.24) is 4.90 Å². The molecule has 6 aromatic carbocycles. The fraction of sp³-hybridized carbons (Fsp3) is 0.468. The van der Waals surface area contributed by atoms with Gasteiger partial charge >= 0.3 is 35.8 Å². The van der Waals surface area contributed by atoms with E-state index in [-0.39, 0.29) is 164 Å². The van der Waals surface area contributed by atoms with Crippen LogP contribution in [0, 0.1) is 5.92 Å². The number of carbonyl (C=O) groups excluding carboxylic acids is 12. The van der Waals surface area contributed by atoms with Crippen molar-refractivity contribution < 1.29 is 178 Å². The number of methoxy groups -OCH3 is 7. The predicted octanol–water partition coefficient (Wildman–Crippen LogP) is 9.50. The maximum absolute atomic E-state index is 12.0. The minimum absolute atomic E-state index is 0.0316. The highest BCUT2D eigenvalue weighted by atomic mass is 16.7. The molecule has 0 saturated heterocycles. The lowest BCUT2D eigenvalue weighted by atomic mass is 9.95. The monoisotopic (exact) mass is 1850 g/mol. The van der Waals surface area contributed by atoms with Crippen LogP contribution in [0.2, 0.25) is 0 Å². The summed E-state index contributed by atoms with van der Waals surface area (Å²) in [4.78, 5) is 142. The van der Waals surface area contributed by atoms with Gasteiger partial charge in [-0.05, 0) is 148 Å². The molecular weight excluding hydrogens is 1740 g/mol. The number of carbonyl (C=O) groups is 12. The minimum atomic E-state index is -1.27. The van der Waals surface area contributed by atoms with E-state index in [2.05, 4.69) is 25.7 Å². The first-order valence-electron chi connectivity index (χ1n) is 42.3. The molecule has 6 heterocycles. The van der Waals surface area contributed by atoms with Crippen LogP contribution >= 0.6 is 0 Å². The average Bonchev–Trinajstić information content (AvgIpc) is 0.802. The van der Waals surface area contributed by atoms with Gasteiger partial charge in [0.25, 0.3) is 0 Å². The van der Waals surface area contributed by atoms with Crippen LogP contribution in [0.1, 0.15) is 251 Å². The van der Waals surface area contributed by atoms with E-state index in [0.717, 1.165) is 63.5 Å². The van der Waals surface area contributed by atoms with Crippen molar-refractivity contribution in [2.24, 2.45) is 5.92 Å². The summed E-state index contributed by atoms with van der Waals surface area (Å²) in [6.45, 7) is 15.8. The second-order valence-corrected chi connectivity index (χ2v) is 30.8. The minimum Gasteiger partial charge on any atom is -0.492 e. The summed E-state index contributed by atoms with van der Waals surface area (Å²) in [6.07, 6.45) is 5.62. The molecule has 0 aromatic heterocycles. The number of fused-ring (bicyclic) bond motifs is 6. The van der Waals surface area contributed by atoms with Gasteiger partial charge in [-0.2, -0.15) is 0 Å². The summed E-state index contributed by atoms with van der Waals surface area (Å²) in [7, 11) is 14.1. The van der Waals surface area contributed by atoms with Gasteiger partial charge in [-0.1, -0.05) is 52.5 Å². The molecule has 0 fully saturated rings. The molecule has 12 rings (SSSR count). The SMILES string of the molecule is CCCCCOc1cc2c(c(C=O)c1OC)CC(O)OC2=O.CCCCOc1cc2c(c(C=O)c1OC)CC(O)OC2=O.COCCOc1cc2c(c(C=O)c1OC)CC(O)OC2=O.COc1c(OCC=C(C)C)cc2c(c1C=O)CC(O)OC2=O.COc1c(OCCC(C)C)cc2c(c1C=O)CC(O)OC2=O.COc1c(OCCCCN(C)C)cc2c(c1C=O)CC(O)OC2=O. The van der Waals surface area contributed by atoms with Crippen molar-refractivity contribution in [2.75, 3.05) is 117 Å². The second kappa shape index (κ2) is 52.3. The highest BCUT2D eigenvalue weighted by Crippen LogP contribution is 2.45. The predicted molar refractivity (Wildman–Crippen MR) is 467 cm³/mol. The molecule has 6 unspecified atom stereocenters. The van der Waals surface area contributed by atoms with Gasteiger partial charge in [-0.25, -0.2) is 28.8 Å². The van der Waals surface area contributed by atoms with E-state index in [4.69, 9.17) is 90.0 Å². The quantitative estimate of drug-likeness (QED) is 0.00690. The van der Waals surface area contributed by atoms with Crippen LogP contribution in [-0.2, 0) is 71.7 Å². The molecule has 38 heteroatoms.